The highest BCUT2D eigenvalue weighted by atomic mass is 32.2. The van der Waals surface area contributed by atoms with Gasteiger partial charge in [-0.2, -0.15) is 9.13 Å². The second kappa shape index (κ2) is 16.1. The Hall–Kier alpha value is -6.08. The average Bonchev–Trinajstić information content (AvgIpc) is 3.98. The van der Waals surface area contributed by atoms with Gasteiger partial charge in [0, 0.05) is 46.8 Å². The standard InChI is InChI=1S/C50H36N6S5/c1-53-41-25-13-15-27-43(41)57-45(53)29-33-31-47(55(35-17-5-3-6-18-35)39-23-11-9-21-37(33)39)59-49-51-52-50(61-49)60-48-32-34(30-46-54(2)42-26-14-16-28-44(42)58-46)38-22-10-12-24-40(38)56(48)36-19-7-4-8-20-36/h3-32H,1-2H3/q+2. The fraction of sp³-hybridized carbons (Fsp3) is 0.0400. The number of aryl methyl sites for hydroxylation is 2. The molecule has 0 amide bonds. The molecule has 0 saturated heterocycles. The maximum atomic E-state index is 4.84. The minimum atomic E-state index is 0.872. The Morgan fingerprint density at radius 3 is 1.30 bits per heavy atom. The van der Waals surface area contributed by atoms with E-state index in [-0.39, 0.29) is 0 Å². The van der Waals surface area contributed by atoms with E-state index in [1.807, 2.05) is 22.7 Å². The number of rotatable bonds is 8. The summed E-state index contributed by atoms with van der Waals surface area (Å²) in [5.74, 6) is 0. The highest BCUT2D eigenvalue weighted by Gasteiger charge is 2.30. The Labute approximate surface area is 374 Å². The maximum Gasteiger partial charge on any atom is 0.263 e. The van der Waals surface area contributed by atoms with Gasteiger partial charge in [-0.25, -0.2) is 0 Å². The molecular weight excluding hydrogens is 845 g/mol. The molecule has 5 heterocycles. The first-order valence-electron chi connectivity index (χ1n) is 19.8. The zero-order valence-corrected chi connectivity index (χ0v) is 37.1. The first-order chi connectivity index (χ1) is 30.1. The van der Waals surface area contributed by atoms with E-state index >= 15 is 0 Å². The van der Waals surface area contributed by atoms with E-state index < -0.39 is 0 Å². The molecule has 294 valence electrons. The minimum absolute atomic E-state index is 0.872. The van der Waals surface area contributed by atoms with Gasteiger partial charge in [-0.3, -0.25) is 0 Å². The van der Waals surface area contributed by atoms with Gasteiger partial charge in [0.05, 0.1) is 21.4 Å². The normalized spacial score (nSPS) is 15.0. The number of benzene rings is 6. The second-order valence-corrected chi connectivity index (χ2v) is 20.1. The molecule has 0 N–H and O–H groups in total. The highest BCUT2D eigenvalue weighted by molar-refractivity contribution is 8.07. The number of aromatic nitrogens is 4. The SMILES string of the molecule is C[n+]1c(/C=C2\C=C(Sc3nnc(SC4=C/C(=C\c5sc6ccccc6[n+]5C)c5ccccc5N4c4ccccc4)s3)N(c3ccccc3)c3ccccc32)sc2ccccc21. The molecule has 2 aliphatic rings. The van der Waals surface area contributed by atoms with E-state index in [1.165, 1.54) is 41.6 Å². The number of nitrogens with zero attached hydrogens (tertiary/aromatic N) is 6. The summed E-state index contributed by atoms with van der Waals surface area (Å²) in [4.78, 5) is 4.69. The largest absolute Gasteiger partial charge is 0.304 e. The molecule has 6 nitrogen and oxygen atoms in total. The average molecular weight is 881 g/mol. The summed E-state index contributed by atoms with van der Waals surface area (Å²) in [6.07, 6.45) is 9.26. The van der Waals surface area contributed by atoms with Crippen LogP contribution in [-0.2, 0) is 14.1 Å². The fourth-order valence-corrected chi connectivity index (χ4v) is 13.4. The van der Waals surface area contributed by atoms with Crippen LogP contribution >= 0.6 is 57.5 Å². The molecule has 2 aliphatic heterocycles. The Morgan fingerprint density at radius 1 is 0.459 bits per heavy atom. The first-order valence-corrected chi connectivity index (χ1v) is 23.8. The number of hydrogen-bond donors (Lipinski definition) is 0. The quantitative estimate of drug-likeness (QED) is 0.142. The Bertz CT molecular complexity index is 3030. The van der Waals surface area contributed by atoms with E-state index in [2.05, 4.69) is 215 Å². The summed E-state index contributed by atoms with van der Waals surface area (Å²) < 4.78 is 8.85. The van der Waals surface area contributed by atoms with Crippen molar-refractivity contribution in [2.24, 2.45) is 14.1 Å². The van der Waals surface area contributed by atoms with E-state index in [0.717, 1.165) is 52.6 Å². The van der Waals surface area contributed by atoms with E-state index in [9.17, 15) is 0 Å². The van der Waals surface area contributed by atoms with E-state index in [1.54, 1.807) is 34.9 Å². The van der Waals surface area contributed by atoms with Crippen LogP contribution in [0.1, 0.15) is 21.1 Å². The first kappa shape index (κ1) is 37.9. The molecule has 0 spiro atoms. The molecular formula is C50H36N6S5+2. The van der Waals surface area contributed by atoms with Crippen molar-refractivity contribution in [2.45, 2.75) is 8.68 Å². The van der Waals surface area contributed by atoms with Gasteiger partial charge in [0.1, 0.15) is 23.5 Å². The van der Waals surface area contributed by atoms with Crippen molar-refractivity contribution in [3.8, 4) is 0 Å². The van der Waals surface area contributed by atoms with Crippen LogP contribution in [-0.4, -0.2) is 10.2 Å². The van der Waals surface area contributed by atoms with E-state index in [0.29, 0.717) is 0 Å². The van der Waals surface area contributed by atoms with Crippen molar-refractivity contribution in [1.82, 2.24) is 10.2 Å². The minimum Gasteiger partial charge on any atom is -0.304 e. The molecule has 0 fully saturated rings. The number of fused-ring (bicyclic) bond motifs is 4. The number of thioether (sulfide) groups is 2. The molecule has 0 radical (unpaired) electrons. The zero-order valence-electron chi connectivity index (χ0n) is 33.0. The monoisotopic (exact) mass is 880 g/mol. The maximum absolute atomic E-state index is 4.84. The summed E-state index contributed by atoms with van der Waals surface area (Å²) in [5.41, 5.74) is 11.6. The third-order valence-electron chi connectivity index (χ3n) is 10.8. The summed E-state index contributed by atoms with van der Waals surface area (Å²) in [6, 6.07) is 55.8. The molecule has 0 unspecified atom stereocenters. The molecule has 3 aromatic heterocycles. The van der Waals surface area contributed by atoms with Gasteiger partial charge >= 0.3 is 0 Å². The second-order valence-electron chi connectivity index (χ2n) is 14.5. The molecule has 61 heavy (non-hydrogen) atoms. The van der Waals surface area contributed by atoms with Crippen LogP contribution in [0.5, 0.6) is 0 Å². The van der Waals surface area contributed by atoms with Gasteiger partial charge in [-0.15, -0.1) is 10.2 Å². The van der Waals surface area contributed by atoms with Crippen LogP contribution in [0.15, 0.2) is 189 Å². The van der Waals surface area contributed by atoms with E-state index in [4.69, 9.17) is 10.2 Å². The predicted molar refractivity (Wildman–Crippen MR) is 260 cm³/mol. The van der Waals surface area contributed by atoms with Crippen LogP contribution in [0.4, 0.5) is 22.7 Å². The van der Waals surface area contributed by atoms with Crippen LogP contribution in [0.3, 0.4) is 0 Å². The van der Waals surface area contributed by atoms with Gasteiger partial charge in [0.25, 0.3) is 10.0 Å². The van der Waals surface area contributed by atoms with Crippen molar-refractivity contribution in [1.29, 1.82) is 0 Å². The molecule has 0 saturated carbocycles. The summed E-state index contributed by atoms with van der Waals surface area (Å²) in [5, 5.41) is 14.2. The lowest BCUT2D eigenvalue weighted by Gasteiger charge is -2.32. The summed E-state index contributed by atoms with van der Waals surface area (Å²) in [7, 11) is 4.30. The van der Waals surface area contributed by atoms with Crippen molar-refractivity contribution in [3.63, 3.8) is 0 Å². The predicted octanol–water partition coefficient (Wildman–Crippen LogP) is 13.3. The summed E-state index contributed by atoms with van der Waals surface area (Å²) >= 11 is 8.56. The zero-order chi connectivity index (χ0) is 40.9. The Kier molecular flexibility index (Phi) is 9.98. The van der Waals surface area contributed by atoms with Crippen molar-refractivity contribution >= 4 is 124 Å². The highest BCUT2D eigenvalue weighted by Crippen LogP contribution is 2.50. The van der Waals surface area contributed by atoms with Crippen LogP contribution in [0.25, 0.3) is 43.7 Å². The number of para-hydroxylation sites is 6. The van der Waals surface area contributed by atoms with Crippen LogP contribution in [0.2, 0.25) is 0 Å². The third kappa shape index (κ3) is 7.12. The Morgan fingerprint density at radius 2 is 0.852 bits per heavy atom. The third-order valence-corrected chi connectivity index (χ3v) is 16.2. The lowest BCUT2D eigenvalue weighted by atomic mass is 9.99. The topological polar surface area (TPSA) is 40.0 Å². The molecule has 6 aromatic carbocycles. The Balaban J connectivity index is 0.984. The molecule has 9 aromatic rings. The van der Waals surface area contributed by atoms with Gasteiger partial charge in [-0.1, -0.05) is 131 Å². The van der Waals surface area contributed by atoms with Gasteiger partial charge in [0.2, 0.25) is 11.0 Å². The van der Waals surface area contributed by atoms with Crippen LogP contribution < -0.4 is 18.9 Å². The molecule has 0 atom stereocenters. The molecule has 0 aliphatic carbocycles. The van der Waals surface area contributed by atoms with Crippen molar-refractivity contribution in [2.75, 3.05) is 9.80 Å². The van der Waals surface area contributed by atoms with Gasteiger partial charge in [0.15, 0.2) is 8.68 Å². The smallest absolute Gasteiger partial charge is 0.263 e. The lowest BCUT2D eigenvalue weighted by Crippen LogP contribution is -2.29. The number of thiazole rings is 2. The number of allylic oxidation sites excluding steroid dienone is 4. The molecule has 0 bridgehead atoms. The van der Waals surface area contributed by atoms with Crippen LogP contribution in [0, 0.1) is 0 Å². The fourth-order valence-electron chi connectivity index (χ4n) is 7.91. The van der Waals surface area contributed by atoms with Gasteiger partial charge < -0.3 is 9.80 Å². The lowest BCUT2D eigenvalue weighted by molar-refractivity contribution is -0.642. The van der Waals surface area contributed by atoms with Gasteiger partial charge in [-0.05, 0) is 95.4 Å². The molecule has 11 heteroatoms. The van der Waals surface area contributed by atoms with Crippen molar-refractivity contribution < 1.29 is 9.13 Å². The molecule has 11 rings (SSSR count). The van der Waals surface area contributed by atoms with Crippen molar-refractivity contribution in [3.05, 3.63) is 201 Å². The number of anilines is 4. The number of hydrogen-bond acceptors (Lipinski definition) is 9. The summed E-state index contributed by atoms with van der Waals surface area (Å²) in [6.45, 7) is 0.